The highest BCUT2D eigenvalue weighted by Gasteiger charge is 2.32. The molecule has 2 saturated heterocycles. The van der Waals surface area contributed by atoms with Crippen LogP contribution in [0.5, 0.6) is 5.75 Å². The number of carbonyl (C=O) groups is 2. The number of benzene rings is 1. The van der Waals surface area contributed by atoms with E-state index in [4.69, 9.17) is 9.47 Å². The zero-order valence-corrected chi connectivity index (χ0v) is 14.6. The van der Waals surface area contributed by atoms with Crippen LogP contribution in [0.3, 0.4) is 0 Å². The van der Waals surface area contributed by atoms with Crippen LogP contribution in [0.15, 0.2) is 24.3 Å². The Morgan fingerprint density at radius 3 is 2.64 bits per heavy atom. The molecule has 136 valence electrons. The molecule has 2 aliphatic heterocycles. The summed E-state index contributed by atoms with van der Waals surface area (Å²) < 4.78 is 10.5. The normalized spacial score (nSPS) is 21.4. The van der Waals surface area contributed by atoms with Crippen molar-refractivity contribution in [3.05, 3.63) is 29.8 Å². The maximum atomic E-state index is 12.3. The summed E-state index contributed by atoms with van der Waals surface area (Å²) in [4.78, 5) is 27.9. The third-order valence-electron chi connectivity index (χ3n) is 4.77. The van der Waals surface area contributed by atoms with E-state index in [9.17, 15) is 9.59 Å². The van der Waals surface area contributed by atoms with Gasteiger partial charge in [0.25, 0.3) is 0 Å². The van der Waals surface area contributed by atoms with Crippen LogP contribution in [-0.4, -0.2) is 68.2 Å². The molecule has 0 saturated carbocycles. The highest BCUT2D eigenvalue weighted by atomic mass is 16.5. The maximum Gasteiger partial charge on any atom is 0.412 e. The van der Waals surface area contributed by atoms with Crippen molar-refractivity contribution in [3.8, 4) is 5.75 Å². The van der Waals surface area contributed by atoms with E-state index >= 15 is 0 Å². The Balaban J connectivity index is 1.61. The van der Waals surface area contributed by atoms with Gasteiger partial charge in [-0.15, -0.1) is 0 Å². The number of morpholine rings is 1. The van der Waals surface area contributed by atoms with E-state index in [1.807, 2.05) is 17.0 Å². The van der Waals surface area contributed by atoms with Gasteiger partial charge in [-0.3, -0.25) is 9.69 Å². The van der Waals surface area contributed by atoms with Gasteiger partial charge in [0.15, 0.2) is 0 Å². The van der Waals surface area contributed by atoms with Gasteiger partial charge in [-0.25, -0.2) is 4.79 Å². The predicted molar refractivity (Wildman–Crippen MR) is 92.5 cm³/mol. The first-order valence-corrected chi connectivity index (χ1v) is 8.76. The standard InChI is InChI=1S/C18H25N3O4/c1-19-18(23)25-15-4-2-14(3-5-15)16-6-7-17(22)21(16)9-8-20-10-12-24-13-11-20/h2-5,16H,6-13H2,1H3,(H,19,23). The van der Waals surface area contributed by atoms with E-state index in [2.05, 4.69) is 10.2 Å². The molecule has 2 fully saturated rings. The van der Waals surface area contributed by atoms with Crippen molar-refractivity contribution in [3.63, 3.8) is 0 Å². The molecule has 0 aromatic heterocycles. The second kappa shape index (κ2) is 8.31. The van der Waals surface area contributed by atoms with Crippen LogP contribution >= 0.6 is 0 Å². The van der Waals surface area contributed by atoms with Crippen molar-refractivity contribution >= 4 is 12.0 Å². The summed E-state index contributed by atoms with van der Waals surface area (Å²) in [6.07, 6.45) is 0.929. The molecule has 2 aliphatic rings. The van der Waals surface area contributed by atoms with Crippen LogP contribution in [0.2, 0.25) is 0 Å². The molecule has 1 aromatic rings. The minimum absolute atomic E-state index is 0.0996. The first-order chi connectivity index (χ1) is 12.2. The van der Waals surface area contributed by atoms with Gasteiger partial charge in [0.2, 0.25) is 5.91 Å². The molecule has 1 unspecified atom stereocenters. The quantitative estimate of drug-likeness (QED) is 0.872. The molecule has 2 amide bonds. The molecule has 0 bridgehead atoms. The summed E-state index contributed by atoms with van der Waals surface area (Å²) in [6, 6.07) is 7.51. The lowest BCUT2D eigenvalue weighted by Gasteiger charge is -2.31. The van der Waals surface area contributed by atoms with Crippen LogP contribution in [0, 0.1) is 0 Å². The molecular weight excluding hydrogens is 322 g/mol. The minimum Gasteiger partial charge on any atom is -0.410 e. The molecule has 3 rings (SSSR count). The first-order valence-electron chi connectivity index (χ1n) is 8.76. The molecular formula is C18H25N3O4. The van der Waals surface area contributed by atoms with E-state index < -0.39 is 6.09 Å². The van der Waals surface area contributed by atoms with Gasteiger partial charge in [0, 0.05) is 39.6 Å². The largest absolute Gasteiger partial charge is 0.412 e. The van der Waals surface area contributed by atoms with E-state index in [0.29, 0.717) is 12.2 Å². The number of ether oxygens (including phenoxy) is 2. The lowest BCUT2D eigenvalue weighted by Crippen LogP contribution is -2.42. The van der Waals surface area contributed by atoms with E-state index in [1.54, 1.807) is 12.1 Å². The smallest absolute Gasteiger partial charge is 0.410 e. The van der Waals surface area contributed by atoms with Crippen molar-refractivity contribution in [1.29, 1.82) is 0 Å². The number of amides is 2. The molecule has 0 aliphatic carbocycles. The van der Waals surface area contributed by atoms with Gasteiger partial charge in [-0.2, -0.15) is 0 Å². The highest BCUT2D eigenvalue weighted by molar-refractivity contribution is 5.79. The Morgan fingerprint density at radius 2 is 1.96 bits per heavy atom. The third kappa shape index (κ3) is 4.49. The molecule has 7 heteroatoms. The molecule has 1 aromatic carbocycles. The summed E-state index contributed by atoms with van der Waals surface area (Å²) in [5, 5.41) is 2.42. The summed E-state index contributed by atoms with van der Waals surface area (Å²) >= 11 is 0. The number of rotatable bonds is 5. The molecule has 2 heterocycles. The Kier molecular flexibility index (Phi) is 5.88. The number of nitrogens with zero attached hydrogens (tertiary/aromatic N) is 2. The van der Waals surface area contributed by atoms with Crippen molar-refractivity contribution in [1.82, 2.24) is 15.1 Å². The number of likely N-dealkylation sites (tertiary alicyclic amines) is 1. The van der Waals surface area contributed by atoms with Crippen LogP contribution < -0.4 is 10.1 Å². The summed E-state index contributed by atoms with van der Waals surface area (Å²) in [5.74, 6) is 0.705. The molecule has 7 nitrogen and oxygen atoms in total. The van der Waals surface area contributed by atoms with Crippen molar-refractivity contribution in [2.45, 2.75) is 18.9 Å². The monoisotopic (exact) mass is 347 g/mol. The van der Waals surface area contributed by atoms with Crippen molar-refractivity contribution in [2.24, 2.45) is 0 Å². The Hall–Kier alpha value is -2.12. The number of hydrogen-bond acceptors (Lipinski definition) is 5. The molecule has 1 N–H and O–H groups in total. The minimum atomic E-state index is -0.490. The second-order valence-electron chi connectivity index (χ2n) is 6.30. The lowest BCUT2D eigenvalue weighted by atomic mass is 10.0. The Morgan fingerprint density at radius 1 is 1.24 bits per heavy atom. The maximum absolute atomic E-state index is 12.3. The Labute approximate surface area is 147 Å². The van der Waals surface area contributed by atoms with E-state index in [-0.39, 0.29) is 11.9 Å². The van der Waals surface area contributed by atoms with Gasteiger partial charge < -0.3 is 19.7 Å². The second-order valence-corrected chi connectivity index (χ2v) is 6.30. The average molecular weight is 347 g/mol. The van der Waals surface area contributed by atoms with E-state index in [1.165, 1.54) is 7.05 Å². The van der Waals surface area contributed by atoms with Crippen LogP contribution in [0.1, 0.15) is 24.4 Å². The van der Waals surface area contributed by atoms with Crippen LogP contribution in [-0.2, 0) is 9.53 Å². The Bertz CT molecular complexity index is 599. The molecule has 0 spiro atoms. The lowest BCUT2D eigenvalue weighted by molar-refractivity contribution is -0.129. The van der Waals surface area contributed by atoms with E-state index in [0.717, 1.165) is 51.4 Å². The van der Waals surface area contributed by atoms with Crippen LogP contribution in [0.4, 0.5) is 4.79 Å². The summed E-state index contributed by atoms with van der Waals surface area (Å²) in [5.41, 5.74) is 1.08. The zero-order valence-electron chi connectivity index (χ0n) is 14.6. The average Bonchev–Trinajstić information content (AvgIpc) is 3.02. The molecule has 1 atom stereocenters. The first kappa shape index (κ1) is 17.7. The number of hydrogen-bond donors (Lipinski definition) is 1. The van der Waals surface area contributed by atoms with Gasteiger partial charge in [0.1, 0.15) is 5.75 Å². The van der Waals surface area contributed by atoms with Crippen molar-refractivity contribution < 1.29 is 19.1 Å². The van der Waals surface area contributed by atoms with Gasteiger partial charge in [-0.1, -0.05) is 12.1 Å². The van der Waals surface area contributed by atoms with Gasteiger partial charge >= 0.3 is 6.09 Å². The zero-order chi connectivity index (χ0) is 17.6. The van der Waals surface area contributed by atoms with Crippen molar-refractivity contribution in [2.75, 3.05) is 46.4 Å². The predicted octanol–water partition coefficient (Wildman–Crippen LogP) is 1.40. The summed E-state index contributed by atoms with van der Waals surface area (Å²) in [7, 11) is 1.52. The highest BCUT2D eigenvalue weighted by Crippen LogP contribution is 2.33. The fourth-order valence-corrected chi connectivity index (χ4v) is 3.35. The topological polar surface area (TPSA) is 71.1 Å². The molecule has 25 heavy (non-hydrogen) atoms. The number of nitrogens with one attached hydrogen (secondary N) is 1. The molecule has 0 radical (unpaired) electrons. The number of carbonyl (C=O) groups excluding carboxylic acids is 2. The van der Waals surface area contributed by atoms with Gasteiger partial charge in [-0.05, 0) is 24.1 Å². The fourth-order valence-electron chi connectivity index (χ4n) is 3.35. The van der Waals surface area contributed by atoms with Gasteiger partial charge in [0.05, 0.1) is 19.3 Å². The van der Waals surface area contributed by atoms with Crippen LogP contribution in [0.25, 0.3) is 0 Å². The fraction of sp³-hybridized carbons (Fsp3) is 0.556. The SMILES string of the molecule is CNC(=O)Oc1ccc(C2CCC(=O)N2CCN2CCOCC2)cc1. The summed E-state index contributed by atoms with van der Waals surface area (Å²) in [6.45, 7) is 5.01. The third-order valence-corrected chi connectivity index (χ3v) is 4.77.